The molecule has 1 N–H and O–H groups in total. The Morgan fingerprint density at radius 1 is 0.966 bits per heavy atom. The van der Waals surface area contributed by atoms with Crippen LogP contribution < -0.4 is 10.1 Å². The third-order valence-electron chi connectivity index (χ3n) is 4.91. The molecule has 6 nitrogen and oxygen atoms in total. The topological polar surface area (TPSA) is 61.9 Å². The van der Waals surface area contributed by atoms with Gasteiger partial charge in [0.25, 0.3) is 11.8 Å². The maximum absolute atomic E-state index is 12.7. The fourth-order valence-corrected chi connectivity index (χ4v) is 3.14. The molecule has 29 heavy (non-hydrogen) atoms. The number of amides is 2. The molecule has 0 saturated carbocycles. The first-order valence-electron chi connectivity index (χ1n) is 9.58. The van der Waals surface area contributed by atoms with Crippen LogP contribution in [0, 0.1) is 0 Å². The fraction of sp³-hybridized carbons (Fsp3) is 0.364. The summed E-state index contributed by atoms with van der Waals surface area (Å²) in [5.74, 6) is 0.288. The number of ether oxygens (including phenoxy) is 1. The quantitative estimate of drug-likeness (QED) is 0.811. The van der Waals surface area contributed by atoms with Gasteiger partial charge in [0.05, 0.1) is 0 Å². The minimum absolute atomic E-state index is 0.0161. The van der Waals surface area contributed by atoms with Gasteiger partial charge in [0.1, 0.15) is 5.75 Å². The minimum atomic E-state index is -1.08. The standard InChI is InChI=1S/C22H26ClN3O3/c1-22(2,29-19-10-6-17(23)7-11-19)21(28)24-18-8-4-16(5-9-18)20(27)26-14-12-25(3)13-15-26/h4-11H,12-15H2,1-3H3,(H,24,28). The molecule has 2 amide bonds. The maximum Gasteiger partial charge on any atom is 0.267 e. The Morgan fingerprint density at radius 3 is 2.14 bits per heavy atom. The first-order valence-corrected chi connectivity index (χ1v) is 9.96. The van der Waals surface area contributed by atoms with Gasteiger partial charge in [-0.1, -0.05) is 11.6 Å². The predicted octanol–water partition coefficient (Wildman–Crippen LogP) is 3.52. The van der Waals surface area contributed by atoms with E-state index in [-0.39, 0.29) is 11.8 Å². The summed E-state index contributed by atoms with van der Waals surface area (Å²) in [5, 5.41) is 3.45. The van der Waals surface area contributed by atoms with Crippen LogP contribution in [0.15, 0.2) is 48.5 Å². The van der Waals surface area contributed by atoms with E-state index in [1.54, 1.807) is 62.4 Å². The van der Waals surface area contributed by atoms with Crippen molar-refractivity contribution in [2.24, 2.45) is 0 Å². The largest absolute Gasteiger partial charge is 0.478 e. The molecule has 0 bridgehead atoms. The Bertz CT molecular complexity index is 858. The van der Waals surface area contributed by atoms with Gasteiger partial charge in [-0.05, 0) is 69.4 Å². The van der Waals surface area contributed by atoms with Gasteiger partial charge < -0.3 is 19.9 Å². The van der Waals surface area contributed by atoms with Gasteiger partial charge in [-0.25, -0.2) is 0 Å². The van der Waals surface area contributed by atoms with E-state index in [9.17, 15) is 9.59 Å². The second-order valence-corrected chi connectivity index (χ2v) is 8.13. The van der Waals surface area contributed by atoms with Crippen molar-refractivity contribution in [2.75, 3.05) is 38.5 Å². The number of nitrogens with zero attached hydrogens (tertiary/aromatic N) is 2. The molecule has 1 heterocycles. The molecular formula is C22H26ClN3O3. The first-order chi connectivity index (χ1) is 13.7. The number of anilines is 1. The first kappa shape index (κ1) is 21.1. The highest BCUT2D eigenvalue weighted by Crippen LogP contribution is 2.22. The van der Waals surface area contributed by atoms with Crippen LogP contribution >= 0.6 is 11.6 Å². The highest BCUT2D eigenvalue weighted by Gasteiger charge is 2.30. The molecule has 0 atom stereocenters. The van der Waals surface area contributed by atoms with E-state index in [1.807, 2.05) is 4.90 Å². The van der Waals surface area contributed by atoms with E-state index < -0.39 is 5.60 Å². The molecule has 2 aromatic rings. The van der Waals surface area contributed by atoms with Crippen molar-refractivity contribution in [1.29, 1.82) is 0 Å². The van der Waals surface area contributed by atoms with E-state index in [4.69, 9.17) is 16.3 Å². The zero-order valence-corrected chi connectivity index (χ0v) is 17.7. The highest BCUT2D eigenvalue weighted by molar-refractivity contribution is 6.30. The number of halogens is 1. The number of hydrogen-bond donors (Lipinski definition) is 1. The molecule has 1 fully saturated rings. The summed E-state index contributed by atoms with van der Waals surface area (Å²) in [4.78, 5) is 29.3. The van der Waals surface area contributed by atoms with Crippen LogP contribution in [0.3, 0.4) is 0 Å². The smallest absolute Gasteiger partial charge is 0.267 e. The average molecular weight is 416 g/mol. The average Bonchev–Trinajstić information content (AvgIpc) is 2.70. The van der Waals surface area contributed by atoms with Crippen molar-refractivity contribution >= 4 is 29.1 Å². The summed E-state index contributed by atoms with van der Waals surface area (Å²) in [6.07, 6.45) is 0. The van der Waals surface area contributed by atoms with Crippen LogP contribution in [0.5, 0.6) is 5.75 Å². The van der Waals surface area contributed by atoms with E-state index >= 15 is 0 Å². The second-order valence-electron chi connectivity index (χ2n) is 7.69. The number of piperazine rings is 1. The molecule has 0 aromatic heterocycles. The van der Waals surface area contributed by atoms with Crippen LogP contribution in [0.1, 0.15) is 24.2 Å². The van der Waals surface area contributed by atoms with Crippen LogP contribution in [0.25, 0.3) is 0 Å². The third-order valence-corrected chi connectivity index (χ3v) is 5.17. The Hall–Kier alpha value is -2.57. The predicted molar refractivity (Wildman–Crippen MR) is 115 cm³/mol. The SMILES string of the molecule is CN1CCN(C(=O)c2ccc(NC(=O)C(C)(C)Oc3ccc(Cl)cc3)cc2)CC1. The van der Waals surface area contributed by atoms with Gasteiger partial charge in [0, 0.05) is 42.5 Å². The van der Waals surface area contributed by atoms with Gasteiger partial charge in [0.2, 0.25) is 0 Å². The molecule has 7 heteroatoms. The number of likely N-dealkylation sites (N-methyl/N-ethyl adjacent to an activating group) is 1. The van der Waals surface area contributed by atoms with Gasteiger partial charge in [-0.3, -0.25) is 9.59 Å². The van der Waals surface area contributed by atoms with Crippen molar-refractivity contribution in [2.45, 2.75) is 19.4 Å². The highest BCUT2D eigenvalue weighted by atomic mass is 35.5. The Morgan fingerprint density at radius 2 is 1.55 bits per heavy atom. The molecule has 154 valence electrons. The summed E-state index contributed by atoms with van der Waals surface area (Å²) < 4.78 is 5.81. The lowest BCUT2D eigenvalue weighted by atomic mass is 10.1. The lowest BCUT2D eigenvalue weighted by Gasteiger charge is -2.32. The van der Waals surface area contributed by atoms with Crippen molar-refractivity contribution < 1.29 is 14.3 Å². The fourth-order valence-electron chi connectivity index (χ4n) is 3.01. The number of carbonyl (C=O) groups is 2. The molecular weight excluding hydrogens is 390 g/mol. The van der Waals surface area contributed by atoms with E-state index in [1.165, 1.54) is 0 Å². The van der Waals surface area contributed by atoms with Crippen molar-refractivity contribution in [1.82, 2.24) is 9.80 Å². The number of nitrogens with one attached hydrogen (secondary N) is 1. The molecule has 2 aromatic carbocycles. The number of rotatable bonds is 5. The zero-order chi connectivity index (χ0) is 21.0. The van der Waals surface area contributed by atoms with Gasteiger partial charge >= 0.3 is 0 Å². The number of benzene rings is 2. The third kappa shape index (κ3) is 5.49. The summed E-state index contributed by atoms with van der Waals surface area (Å²) in [6.45, 7) is 6.60. The van der Waals surface area contributed by atoms with Gasteiger partial charge in [-0.2, -0.15) is 0 Å². The Balaban J connectivity index is 1.60. The maximum atomic E-state index is 12.7. The normalized spacial score (nSPS) is 15.1. The molecule has 1 aliphatic rings. The summed E-state index contributed by atoms with van der Waals surface area (Å²) in [6, 6.07) is 13.8. The molecule has 3 rings (SSSR count). The Kier molecular flexibility index (Phi) is 6.45. The molecule has 0 spiro atoms. The van der Waals surface area contributed by atoms with Crippen LogP contribution in [0.4, 0.5) is 5.69 Å². The minimum Gasteiger partial charge on any atom is -0.478 e. The van der Waals surface area contributed by atoms with Crippen LogP contribution in [-0.2, 0) is 4.79 Å². The summed E-state index contributed by atoms with van der Waals surface area (Å²) in [7, 11) is 2.05. The summed E-state index contributed by atoms with van der Waals surface area (Å²) in [5.41, 5.74) is 0.143. The summed E-state index contributed by atoms with van der Waals surface area (Å²) >= 11 is 5.88. The van der Waals surface area contributed by atoms with E-state index in [2.05, 4.69) is 17.3 Å². The van der Waals surface area contributed by atoms with Gasteiger partial charge in [0.15, 0.2) is 5.60 Å². The van der Waals surface area contributed by atoms with Gasteiger partial charge in [-0.15, -0.1) is 0 Å². The monoisotopic (exact) mass is 415 g/mol. The second kappa shape index (κ2) is 8.84. The van der Waals surface area contributed by atoms with Crippen molar-refractivity contribution in [3.8, 4) is 5.75 Å². The van der Waals surface area contributed by atoms with Crippen LogP contribution in [-0.4, -0.2) is 60.4 Å². The Labute approximate surface area is 176 Å². The van der Waals surface area contributed by atoms with Crippen LogP contribution in [0.2, 0.25) is 5.02 Å². The van der Waals surface area contributed by atoms with E-state index in [0.717, 1.165) is 26.2 Å². The molecule has 1 aliphatic heterocycles. The molecule has 0 radical (unpaired) electrons. The zero-order valence-electron chi connectivity index (χ0n) is 16.9. The molecule has 1 saturated heterocycles. The van der Waals surface area contributed by atoms with E-state index in [0.29, 0.717) is 22.0 Å². The molecule has 0 unspecified atom stereocenters. The number of hydrogen-bond acceptors (Lipinski definition) is 4. The van der Waals surface area contributed by atoms with Crippen molar-refractivity contribution in [3.05, 3.63) is 59.1 Å². The number of carbonyl (C=O) groups excluding carboxylic acids is 2. The molecule has 0 aliphatic carbocycles. The van der Waals surface area contributed by atoms with Crippen molar-refractivity contribution in [3.63, 3.8) is 0 Å². The lowest BCUT2D eigenvalue weighted by molar-refractivity contribution is -0.128. The lowest BCUT2D eigenvalue weighted by Crippen LogP contribution is -2.47.